The van der Waals surface area contributed by atoms with Gasteiger partial charge in [-0.15, -0.1) is 0 Å². The van der Waals surface area contributed by atoms with Crippen molar-refractivity contribution in [1.29, 1.82) is 0 Å². The highest BCUT2D eigenvalue weighted by atomic mass is 16.5. The first-order chi connectivity index (χ1) is 4.97. The maximum absolute atomic E-state index is 5.33. The number of hydrogen-bond donors (Lipinski definition) is 2. The van der Waals surface area contributed by atoms with E-state index in [9.17, 15) is 0 Å². The largest absolute Gasteiger partial charge is 0.365 e. The smallest absolute Gasteiger partial charge is 0.126 e. The summed E-state index contributed by atoms with van der Waals surface area (Å²) in [6, 6.07) is 0.318. The van der Waals surface area contributed by atoms with E-state index in [0.717, 1.165) is 6.61 Å². The van der Waals surface area contributed by atoms with Gasteiger partial charge in [-0.2, -0.15) is 0 Å². The van der Waals surface area contributed by atoms with Crippen molar-refractivity contribution < 1.29 is 9.47 Å². The van der Waals surface area contributed by atoms with Crippen molar-refractivity contribution in [3.05, 3.63) is 6.54 Å². The summed E-state index contributed by atoms with van der Waals surface area (Å²) in [6.07, 6.45) is 0.113. The van der Waals surface area contributed by atoms with Gasteiger partial charge in [0.1, 0.15) is 6.23 Å². The fraction of sp³-hybridized carbons (Fsp3) is 0.833. The fourth-order valence-corrected chi connectivity index (χ4v) is 1.20. The van der Waals surface area contributed by atoms with Gasteiger partial charge in [0.05, 0.1) is 32.5 Å². The van der Waals surface area contributed by atoms with E-state index >= 15 is 0 Å². The molecule has 2 atom stereocenters. The molecule has 0 spiro atoms. The van der Waals surface area contributed by atoms with Gasteiger partial charge in [0.2, 0.25) is 0 Å². The summed E-state index contributed by atoms with van der Waals surface area (Å²) in [5.41, 5.74) is 0. The van der Waals surface area contributed by atoms with Crippen molar-refractivity contribution in [2.45, 2.75) is 12.3 Å². The van der Waals surface area contributed by atoms with E-state index < -0.39 is 0 Å². The van der Waals surface area contributed by atoms with Crippen LogP contribution in [0.3, 0.4) is 0 Å². The molecule has 2 aliphatic heterocycles. The monoisotopic (exact) mass is 143 g/mol. The third kappa shape index (κ3) is 1.15. The summed E-state index contributed by atoms with van der Waals surface area (Å²) in [5, 5.41) is 6.28. The minimum atomic E-state index is 0.113. The third-order valence-electron chi connectivity index (χ3n) is 1.75. The Morgan fingerprint density at radius 2 is 2.50 bits per heavy atom. The predicted octanol–water partition coefficient (Wildman–Crippen LogP) is -0.960. The molecule has 2 unspecified atom stereocenters. The molecule has 2 saturated heterocycles. The Kier molecular flexibility index (Phi) is 1.86. The first kappa shape index (κ1) is 6.54. The van der Waals surface area contributed by atoms with Gasteiger partial charge in [0, 0.05) is 0 Å². The molecule has 0 saturated carbocycles. The van der Waals surface area contributed by atoms with Gasteiger partial charge >= 0.3 is 0 Å². The molecule has 2 heterocycles. The Morgan fingerprint density at radius 1 is 1.50 bits per heavy atom. The van der Waals surface area contributed by atoms with Crippen LogP contribution in [-0.4, -0.2) is 32.2 Å². The van der Waals surface area contributed by atoms with Crippen molar-refractivity contribution in [2.75, 3.05) is 19.9 Å². The van der Waals surface area contributed by atoms with Gasteiger partial charge < -0.3 is 9.47 Å². The average molecular weight is 143 g/mol. The molecule has 0 aromatic rings. The molecule has 0 aliphatic carbocycles. The molecule has 2 aliphatic rings. The van der Waals surface area contributed by atoms with Crippen LogP contribution in [0.4, 0.5) is 0 Å². The van der Waals surface area contributed by atoms with Crippen molar-refractivity contribution in [3.8, 4) is 0 Å². The maximum Gasteiger partial charge on any atom is 0.126 e. The fourth-order valence-electron chi connectivity index (χ4n) is 1.20. The van der Waals surface area contributed by atoms with E-state index in [4.69, 9.17) is 9.47 Å². The van der Waals surface area contributed by atoms with Gasteiger partial charge in [-0.05, 0) is 0 Å². The first-order valence-electron chi connectivity index (χ1n) is 3.47. The minimum absolute atomic E-state index is 0.113. The molecule has 0 bridgehead atoms. The van der Waals surface area contributed by atoms with Gasteiger partial charge in [0.15, 0.2) is 0 Å². The van der Waals surface area contributed by atoms with Crippen LogP contribution < -0.4 is 10.6 Å². The molecule has 0 amide bonds. The molecule has 4 nitrogen and oxygen atoms in total. The zero-order valence-electron chi connectivity index (χ0n) is 5.67. The lowest BCUT2D eigenvalue weighted by atomic mass is 10.3. The normalized spacial score (nSPS) is 40.8. The standard InChI is InChI=1S/C6H11N2O2/c1-2-10-6(7-1)5-3-9-4-8-5/h1,5-8H,2-4H2. The van der Waals surface area contributed by atoms with Crippen molar-refractivity contribution >= 4 is 0 Å². The number of hydrogen-bond acceptors (Lipinski definition) is 4. The van der Waals surface area contributed by atoms with Crippen molar-refractivity contribution in [1.82, 2.24) is 10.6 Å². The van der Waals surface area contributed by atoms with Crippen LogP contribution in [0.2, 0.25) is 0 Å². The summed E-state index contributed by atoms with van der Waals surface area (Å²) in [6.45, 7) is 4.01. The van der Waals surface area contributed by atoms with E-state index in [2.05, 4.69) is 10.6 Å². The van der Waals surface area contributed by atoms with Gasteiger partial charge in [-0.1, -0.05) is 0 Å². The van der Waals surface area contributed by atoms with Crippen LogP contribution >= 0.6 is 0 Å². The Morgan fingerprint density at radius 3 is 3.10 bits per heavy atom. The van der Waals surface area contributed by atoms with Gasteiger partial charge in [0.25, 0.3) is 0 Å². The van der Waals surface area contributed by atoms with E-state index in [0.29, 0.717) is 19.4 Å². The maximum atomic E-state index is 5.33. The van der Waals surface area contributed by atoms with Crippen molar-refractivity contribution in [2.24, 2.45) is 0 Å². The highest BCUT2D eigenvalue weighted by molar-refractivity contribution is 4.84. The molecule has 0 aromatic heterocycles. The Bertz CT molecular complexity index is 94.3. The molecule has 2 fully saturated rings. The lowest BCUT2D eigenvalue weighted by Crippen LogP contribution is -2.42. The molecule has 4 heteroatoms. The third-order valence-corrected chi connectivity index (χ3v) is 1.75. The highest BCUT2D eigenvalue weighted by Gasteiger charge is 2.28. The van der Waals surface area contributed by atoms with Crippen LogP contribution in [0.5, 0.6) is 0 Å². The topological polar surface area (TPSA) is 42.5 Å². The second-order valence-corrected chi connectivity index (χ2v) is 2.45. The first-order valence-corrected chi connectivity index (χ1v) is 3.47. The summed E-state index contributed by atoms with van der Waals surface area (Å²) in [5.74, 6) is 0. The molecule has 2 rings (SSSR count). The van der Waals surface area contributed by atoms with Crippen LogP contribution in [-0.2, 0) is 9.47 Å². The Balaban J connectivity index is 1.85. The molecule has 57 valence electrons. The summed E-state index contributed by atoms with van der Waals surface area (Å²) < 4.78 is 10.5. The lowest BCUT2D eigenvalue weighted by Gasteiger charge is -2.15. The molecule has 2 N–H and O–H groups in total. The quantitative estimate of drug-likeness (QED) is 0.496. The Hall–Kier alpha value is -0.160. The average Bonchev–Trinajstić information content (AvgIpc) is 2.59. The molecular formula is C6H11N2O2. The zero-order chi connectivity index (χ0) is 6.81. The van der Waals surface area contributed by atoms with Gasteiger partial charge in [-0.25, -0.2) is 0 Å². The zero-order valence-corrected chi connectivity index (χ0v) is 5.67. The highest BCUT2D eigenvalue weighted by Crippen LogP contribution is 2.07. The van der Waals surface area contributed by atoms with E-state index in [1.165, 1.54) is 0 Å². The summed E-state index contributed by atoms with van der Waals surface area (Å²) in [4.78, 5) is 0. The van der Waals surface area contributed by atoms with E-state index in [1.807, 2.05) is 6.54 Å². The molecular weight excluding hydrogens is 132 g/mol. The summed E-state index contributed by atoms with van der Waals surface area (Å²) >= 11 is 0. The minimum Gasteiger partial charge on any atom is -0.365 e. The summed E-state index contributed by atoms with van der Waals surface area (Å²) in [7, 11) is 0. The second-order valence-electron chi connectivity index (χ2n) is 2.45. The number of rotatable bonds is 1. The SMILES string of the molecule is [CH]1COC(C2COCN2)N1. The molecule has 10 heavy (non-hydrogen) atoms. The van der Waals surface area contributed by atoms with E-state index in [1.54, 1.807) is 0 Å². The van der Waals surface area contributed by atoms with Crippen LogP contribution in [0.1, 0.15) is 0 Å². The Labute approximate surface area is 59.9 Å². The lowest BCUT2D eigenvalue weighted by molar-refractivity contribution is 0.0689. The van der Waals surface area contributed by atoms with E-state index in [-0.39, 0.29) is 6.23 Å². The van der Waals surface area contributed by atoms with Crippen LogP contribution in [0.25, 0.3) is 0 Å². The molecule has 1 radical (unpaired) electrons. The number of nitrogens with one attached hydrogen (secondary N) is 2. The predicted molar refractivity (Wildman–Crippen MR) is 34.9 cm³/mol. The van der Waals surface area contributed by atoms with Gasteiger partial charge in [-0.3, -0.25) is 10.6 Å². The van der Waals surface area contributed by atoms with Crippen molar-refractivity contribution in [3.63, 3.8) is 0 Å². The molecule has 0 aromatic carbocycles. The number of ether oxygens (including phenoxy) is 2. The van der Waals surface area contributed by atoms with Crippen LogP contribution in [0.15, 0.2) is 0 Å². The second kappa shape index (κ2) is 2.84. The van der Waals surface area contributed by atoms with Crippen LogP contribution in [0, 0.1) is 6.54 Å².